The minimum Gasteiger partial charge on any atom is -0.372 e. The Morgan fingerprint density at radius 1 is 1.23 bits per heavy atom. The third-order valence-corrected chi connectivity index (χ3v) is 5.20. The third kappa shape index (κ3) is 5.77. The highest BCUT2D eigenvalue weighted by Crippen LogP contribution is 2.21. The number of primary amides is 1. The van der Waals surface area contributed by atoms with E-state index in [4.69, 9.17) is 15.2 Å². The SMILES string of the molecule is NC(=O)C1CC2CN1CCNCOCCCCCc1cccc(c1)CO2. The maximum absolute atomic E-state index is 11.8. The quantitative estimate of drug-likeness (QED) is 0.791. The number of carbonyl (C=O) groups is 1. The molecule has 6 nitrogen and oxygen atoms in total. The summed E-state index contributed by atoms with van der Waals surface area (Å²) < 4.78 is 11.7. The second-order valence-electron chi connectivity index (χ2n) is 7.27. The summed E-state index contributed by atoms with van der Waals surface area (Å²) in [5.41, 5.74) is 8.15. The summed E-state index contributed by atoms with van der Waals surface area (Å²) >= 11 is 0. The Hall–Kier alpha value is -1.47. The fraction of sp³-hybridized carbons (Fsp3) is 0.650. The number of hydrogen-bond donors (Lipinski definition) is 2. The van der Waals surface area contributed by atoms with Crippen molar-refractivity contribution < 1.29 is 14.3 Å². The van der Waals surface area contributed by atoms with Crippen LogP contribution >= 0.6 is 0 Å². The van der Waals surface area contributed by atoms with E-state index >= 15 is 0 Å². The predicted molar refractivity (Wildman–Crippen MR) is 101 cm³/mol. The number of nitrogens with two attached hydrogens (primary N) is 1. The molecule has 26 heavy (non-hydrogen) atoms. The zero-order valence-electron chi connectivity index (χ0n) is 15.5. The van der Waals surface area contributed by atoms with E-state index in [0.29, 0.717) is 19.8 Å². The van der Waals surface area contributed by atoms with E-state index in [-0.39, 0.29) is 18.1 Å². The highest BCUT2D eigenvalue weighted by Gasteiger charge is 2.35. The van der Waals surface area contributed by atoms with Crippen molar-refractivity contribution >= 4 is 5.91 Å². The number of aryl methyl sites for hydroxylation is 1. The second-order valence-corrected chi connectivity index (χ2v) is 7.27. The minimum atomic E-state index is -0.264. The lowest BCUT2D eigenvalue weighted by atomic mass is 10.0. The van der Waals surface area contributed by atoms with Gasteiger partial charge in [-0.3, -0.25) is 15.0 Å². The van der Waals surface area contributed by atoms with E-state index in [2.05, 4.69) is 34.5 Å². The van der Waals surface area contributed by atoms with Crippen LogP contribution in [0.4, 0.5) is 0 Å². The van der Waals surface area contributed by atoms with Crippen LogP contribution in [0.3, 0.4) is 0 Å². The smallest absolute Gasteiger partial charge is 0.234 e. The zero-order valence-corrected chi connectivity index (χ0v) is 15.5. The summed E-state index contributed by atoms with van der Waals surface area (Å²) in [4.78, 5) is 13.9. The molecule has 1 aromatic rings. The van der Waals surface area contributed by atoms with Crippen LogP contribution in [0.25, 0.3) is 0 Å². The first kappa shape index (κ1) is 19.3. The molecule has 2 aliphatic rings. The van der Waals surface area contributed by atoms with Crippen LogP contribution < -0.4 is 11.1 Å². The number of amides is 1. The number of fused-ring (bicyclic) bond motifs is 4. The number of nitrogens with one attached hydrogen (secondary N) is 1. The summed E-state index contributed by atoms with van der Waals surface area (Å²) in [6.45, 7) is 4.22. The van der Waals surface area contributed by atoms with Gasteiger partial charge in [0.05, 0.1) is 25.5 Å². The van der Waals surface area contributed by atoms with Crippen molar-refractivity contribution in [2.24, 2.45) is 5.73 Å². The predicted octanol–water partition coefficient (Wildman–Crippen LogP) is 1.42. The van der Waals surface area contributed by atoms with Gasteiger partial charge in [-0.2, -0.15) is 0 Å². The summed E-state index contributed by atoms with van der Waals surface area (Å²) in [7, 11) is 0. The molecule has 144 valence electrons. The van der Waals surface area contributed by atoms with Gasteiger partial charge in [-0.15, -0.1) is 0 Å². The van der Waals surface area contributed by atoms with Gasteiger partial charge in [0, 0.05) is 26.2 Å². The maximum atomic E-state index is 11.8. The molecule has 2 heterocycles. The Kier molecular flexibility index (Phi) is 7.43. The molecule has 0 aliphatic carbocycles. The summed E-state index contributed by atoms with van der Waals surface area (Å²) in [6, 6.07) is 8.40. The molecule has 0 saturated carbocycles. The van der Waals surface area contributed by atoms with E-state index in [0.717, 1.165) is 39.1 Å². The Morgan fingerprint density at radius 2 is 2.12 bits per heavy atom. The number of ether oxygens (including phenoxy) is 2. The first-order valence-corrected chi connectivity index (χ1v) is 9.73. The van der Waals surface area contributed by atoms with Crippen LogP contribution in [0.15, 0.2) is 24.3 Å². The van der Waals surface area contributed by atoms with Crippen molar-refractivity contribution in [1.82, 2.24) is 10.2 Å². The van der Waals surface area contributed by atoms with E-state index in [1.807, 2.05) is 0 Å². The van der Waals surface area contributed by atoms with Gasteiger partial charge in [0.2, 0.25) is 5.91 Å². The zero-order chi connectivity index (χ0) is 18.2. The van der Waals surface area contributed by atoms with Crippen molar-refractivity contribution in [3.05, 3.63) is 35.4 Å². The number of hydrogen-bond acceptors (Lipinski definition) is 5. The molecule has 3 rings (SSSR count). The number of nitrogens with zero attached hydrogens (tertiary/aromatic N) is 1. The molecule has 4 bridgehead atoms. The van der Waals surface area contributed by atoms with Gasteiger partial charge in [-0.25, -0.2) is 0 Å². The van der Waals surface area contributed by atoms with Crippen molar-refractivity contribution in [2.75, 3.05) is 33.0 Å². The molecule has 1 aromatic carbocycles. The molecule has 6 heteroatoms. The van der Waals surface area contributed by atoms with Gasteiger partial charge in [0.25, 0.3) is 0 Å². The Bertz CT molecular complexity index is 581. The van der Waals surface area contributed by atoms with Crippen LogP contribution in [-0.4, -0.2) is 55.9 Å². The van der Waals surface area contributed by atoms with Crippen molar-refractivity contribution in [1.29, 1.82) is 0 Å². The fourth-order valence-corrected chi connectivity index (χ4v) is 3.76. The van der Waals surface area contributed by atoms with Crippen LogP contribution in [0.5, 0.6) is 0 Å². The molecule has 1 amide bonds. The minimum absolute atomic E-state index is 0.0475. The van der Waals surface area contributed by atoms with E-state index < -0.39 is 0 Å². The van der Waals surface area contributed by atoms with Gasteiger partial charge in [-0.1, -0.05) is 30.7 Å². The number of rotatable bonds is 1. The van der Waals surface area contributed by atoms with Crippen molar-refractivity contribution in [3.63, 3.8) is 0 Å². The average molecular weight is 361 g/mol. The molecule has 3 atom stereocenters. The largest absolute Gasteiger partial charge is 0.372 e. The Balaban J connectivity index is 1.63. The first-order chi connectivity index (χ1) is 12.7. The monoisotopic (exact) mass is 361 g/mol. The molecule has 1 fully saturated rings. The highest BCUT2D eigenvalue weighted by molar-refractivity contribution is 5.80. The second kappa shape index (κ2) is 10.0. The normalized spacial score (nSPS) is 28.8. The van der Waals surface area contributed by atoms with Gasteiger partial charge in [0.1, 0.15) is 0 Å². The number of carbonyl (C=O) groups excluding carboxylic acids is 1. The maximum Gasteiger partial charge on any atom is 0.234 e. The standard InChI is InChI=1S/C20H31N3O3/c21-20(24)19-12-18-13-23(19)9-8-22-15-25-10-3-1-2-5-16-6-4-7-17(11-16)14-26-18/h4,6-7,11,18-19,22H,1-3,5,8-10,12-15H2,(H2,21,24). The van der Waals surface area contributed by atoms with E-state index in [9.17, 15) is 4.79 Å². The molecular weight excluding hydrogens is 330 g/mol. The Morgan fingerprint density at radius 3 is 3.00 bits per heavy atom. The molecule has 0 spiro atoms. The van der Waals surface area contributed by atoms with Crippen LogP contribution in [0.2, 0.25) is 0 Å². The van der Waals surface area contributed by atoms with Crippen LogP contribution in [0.1, 0.15) is 36.8 Å². The summed E-state index contributed by atoms with van der Waals surface area (Å²) in [5, 5.41) is 3.28. The first-order valence-electron chi connectivity index (χ1n) is 9.73. The highest BCUT2D eigenvalue weighted by atomic mass is 16.5. The lowest BCUT2D eigenvalue weighted by Crippen LogP contribution is -2.43. The van der Waals surface area contributed by atoms with Gasteiger partial charge in [-0.05, 0) is 36.8 Å². The third-order valence-electron chi connectivity index (χ3n) is 5.20. The Labute approximate surface area is 156 Å². The van der Waals surface area contributed by atoms with Crippen LogP contribution in [-0.2, 0) is 27.3 Å². The molecular formula is C20H31N3O3. The lowest BCUT2D eigenvalue weighted by Gasteiger charge is -2.21. The van der Waals surface area contributed by atoms with Gasteiger partial charge >= 0.3 is 0 Å². The van der Waals surface area contributed by atoms with E-state index in [1.165, 1.54) is 24.0 Å². The lowest BCUT2D eigenvalue weighted by molar-refractivity contribution is -0.122. The molecule has 2 aliphatic heterocycles. The molecule has 0 aromatic heterocycles. The van der Waals surface area contributed by atoms with Crippen LogP contribution in [0, 0.1) is 0 Å². The molecule has 3 N–H and O–H groups in total. The van der Waals surface area contributed by atoms with Crippen molar-refractivity contribution in [3.8, 4) is 0 Å². The molecule has 0 radical (unpaired) electrons. The van der Waals surface area contributed by atoms with E-state index in [1.54, 1.807) is 0 Å². The summed E-state index contributed by atoms with van der Waals surface area (Å²) in [5.74, 6) is -0.264. The van der Waals surface area contributed by atoms with Gasteiger partial charge in [0.15, 0.2) is 0 Å². The average Bonchev–Trinajstić information content (AvgIpc) is 3.05. The van der Waals surface area contributed by atoms with Gasteiger partial charge < -0.3 is 15.2 Å². The summed E-state index contributed by atoms with van der Waals surface area (Å²) in [6.07, 6.45) is 5.25. The van der Waals surface area contributed by atoms with Crippen molar-refractivity contribution in [2.45, 2.75) is 50.9 Å². The fourth-order valence-electron chi connectivity index (χ4n) is 3.76. The topological polar surface area (TPSA) is 76.8 Å². The number of benzene rings is 1. The molecule has 3 unspecified atom stereocenters. The molecule has 1 saturated heterocycles.